The van der Waals surface area contributed by atoms with Crippen molar-refractivity contribution in [1.29, 1.82) is 0 Å². The van der Waals surface area contributed by atoms with Crippen molar-refractivity contribution in [3.8, 4) is 0 Å². The van der Waals surface area contributed by atoms with Crippen molar-refractivity contribution in [3.05, 3.63) is 97.2 Å². The summed E-state index contributed by atoms with van der Waals surface area (Å²) in [5.74, 6) is -0.978. The average Bonchev–Trinajstić information content (AvgIpc) is 3.36. The van der Waals surface area contributed by atoms with Crippen LogP contribution in [0.15, 0.2) is 97.2 Å². The van der Waals surface area contributed by atoms with Crippen LogP contribution in [-0.2, 0) is 28.6 Å². The Hall–Kier alpha value is -3.67. The van der Waals surface area contributed by atoms with E-state index in [9.17, 15) is 14.4 Å². The number of rotatable bonds is 52. The molecular formula is C64H108O6. The van der Waals surface area contributed by atoms with Gasteiger partial charge in [0, 0.05) is 19.3 Å². The van der Waals surface area contributed by atoms with Crippen LogP contribution >= 0.6 is 0 Å². The first-order valence-corrected chi connectivity index (χ1v) is 29.2. The average molecular weight is 974 g/mol. The summed E-state index contributed by atoms with van der Waals surface area (Å²) in [6.45, 7) is 6.43. The Morgan fingerprint density at radius 3 is 0.971 bits per heavy atom. The number of unbranched alkanes of at least 4 members (excludes halogenated alkanes) is 25. The van der Waals surface area contributed by atoms with Gasteiger partial charge in [-0.2, -0.15) is 0 Å². The molecule has 0 heterocycles. The summed E-state index contributed by atoms with van der Waals surface area (Å²) in [4.78, 5) is 38.1. The standard InChI is InChI=1S/C64H108O6/c1-4-7-10-13-16-19-22-25-28-30-31-32-33-35-36-39-42-45-48-51-54-57-63(66)69-60-61(59-68-62(65)56-53-50-47-44-41-38-27-24-21-18-15-12-9-6-3)70-64(67)58-55-52-49-46-43-40-37-34-29-26-23-20-17-14-11-8-5-2/h8,11,15,17-18,20,24,26-27,29-31,37,40,46,49,61H,4-7,9-10,12-14,16,19,21-23,25,28,32-36,38-39,41-45,47-48,50-60H2,1-3H3/b11-8-,18-15-,20-17-,27-24-,29-26-,31-30-,40-37-,49-46-. The molecule has 6 nitrogen and oxygen atoms in total. The van der Waals surface area contributed by atoms with Crippen molar-refractivity contribution < 1.29 is 28.6 Å². The molecule has 1 unspecified atom stereocenters. The Balaban J connectivity index is 4.45. The summed E-state index contributed by atoms with van der Waals surface area (Å²) < 4.78 is 16.8. The van der Waals surface area contributed by atoms with Crippen LogP contribution in [0.25, 0.3) is 0 Å². The molecule has 0 aliphatic rings. The Labute approximate surface area is 432 Å². The van der Waals surface area contributed by atoms with E-state index in [4.69, 9.17) is 14.2 Å². The van der Waals surface area contributed by atoms with Crippen molar-refractivity contribution in [1.82, 2.24) is 0 Å². The Morgan fingerprint density at radius 1 is 0.300 bits per heavy atom. The van der Waals surface area contributed by atoms with Crippen molar-refractivity contribution in [2.24, 2.45) is 0 Å². The number of carbonyl (C=O) groups excluding carboxylic acids is 3. The zero-order valence-corrected chi connectivity index (χ0v) is 45.8. The summed E-state index contributed by atoms with van der Waals surface area (Å²) in [7, 11) is 0. The van der Waals surface area contributed by atoms with Crippen LogP contribution in [0, 0.1) is 0 Å². The highest BCUT2D eigenvalue weighted by Crippen LogP contribution is 2.15. The molecule has 0 amide bonds. The molecule has 0 radical (unpaired) electrons. The third-order valence-corrected chi connectivity index (χ3v) is 12.3. The first-order valence-electron chi connectivity index (χ1n) is 29.2. The fourth-order valence-corrected chi connectivity index (χ4v) is 7.90. The van der Waals surface area contributed by atoms with E-state index in [-0.39, 0.29) is 37.5 Å². The van der Waals surface area contributed by atoms with Gasteiger partial charge in [-0.25, -0.2) is 0 Å². The van der Waals surface area contributed by atoms with Crippen LogP contribution in [0.2, 0.25) is 0 Å². The number of hydrogen-bond acceptors (Lipinski definition) is 6. The molecule has 70 heavy (non-hydrogen) atoms. The van der Waals surface area contributed by atoms with E-state index in [0.717, 1.165) is 103 Å². The lowest BCUT2D eigenvalue weighted by molar-refractivity contribution is -0.167. The maximum absolute atomic E-state index is 12.8. The van der Waals surface area contributed by atoms with Gasteiger partial charge in [-0.05, 0) is 109 Å². The molecular weight excluding hydrogens is 865 g/mol. The zero-order chi connectivity index (χ0) is 50.7. The maximum atomic E-state index is 12.8. The predicted octanol–water partition coefficient (Wildman–Crippen LogP) is 19.7. The molecule has 0 saturated heterocycles. The van der Waals surface area contributed by atoms with Crippen molar-refractivity contribution in [3.63, 3.8) is 0 Å². The van der Waals surface area contributed by atoms with Crippen LogP contribution in [0.3, 0.4) is 0 Å². The monoisotopic (exact) mass is 973 g/mol. The van der Waals surface area contributed by atoms with E-state index in [2.05, 4.69) is 118 Å². The van der Waals surface area contributed by atoms with Gasteiger partial charge >= 0.3 is 17.9 Å². The molecule has 1 atom stereocenters. The summed E-state index contributed by atoms with van der Waals surface area (Å²) in [5, 5.41) is 0. The number of hydrogen-bond donors (Lipinski definition) is 0. The highest BCUT2D eigenvalue weighted by molar-refractivity contribution is 5.71. The van der Waals surface area contributed by atoms with Gasteiger partial charge in [-0.1, -0.05) is 240 Å². The number of ether oxygens (including phenoxy) is 3. The molecule has 0 spiro atoms. The van der Waals surface area contributed by atoms with Gasteiger partial charge in [0.25, 0.3) is 0 Å². The van der Waals surface area contributed by atoms with Crippen molar-refractivity contribution >= 4 is 17.9 Å². The Bertz CT molecular complexity index is 1400. The molecule has 0 aliphatic carbocycles. The summed E-state index contributed by atoms with van der Waals surface area (Å²) in [6, 6.07) is 0. The summed E-state index contributed by atoms with van der Waals surface area (Å²) >= 11 is 0. The molecule has 400 valence electrons. The van der Waals surface area contributed by atoms with Gasteiger partial charge < -0.3 is 14.2 Å². The van der Waals surface area contributed by atoms with Gasteiger partial charge in [0.1, 0.15) is 13.2 Å². The van der Waals surface area contributed by atoms with Crippen LogP contribution in [-0.4, -0.2) is 37.2 Å². The number of allylic oxidation sites excluding steroid dienone is 16. The Morgan fingerprint density at radius 2 is 0.586 bits per heavy atom. The molecule has 0 aromatic carbocycles. The molecule has 0 fully saturated rings. The smallest absolute Gasteiger partial charge is 0.306 e. The van der Waals surface area contributed by atoms with Crippen LogP contribution in [0.5, 0.6) is 0 Å². The highest BCUT2D eigenvalue weighted by atomic mass is 16.6. The van der Waals surface area contributed by atoms with Crippen LogP contribution in [0.1, 0.15) is 271 Å². The SMILES string of the molecule is CC/C=C\C/C=C\C/C=C\C/C=C\C/C=C\CCCC(=O)OC(COC(=O)CCCCCCC/C=C\C/C=C\CCCC)COC(=O)CCCCCCCCCCC/C=C\CCCCCCCCCC. The van der Waals surface area contributed by atoms with Gasteiger partial charge in [0.2, 0.25) is 0 Å². The van der Waals surface area contributed by atoms with E-state index < -0.39 is 6.10 Å². The molecule has 0 aromatic heterocycles. The largest absolute Gasteiger partial charge is 0.462 e. The van der Waals surface area contributed by atoms with E-state index >= 15 is 0 Å². The van der Waals surface area contributed by atoms with Gasteiger partial charge in [0.05, 0.1) is 0 Å². The third-order valence-electron chi connectivity index (χ3n) is 12.3. The van der Waals surface area contributed by atoms with Gasteiger partial charge in [0.15, 0.2) is 6.10 Å². The normalized spacial score (nSPS) is 12.8. The van der Waals surface area contributed by atoms with E-state index in [1.54, 1.807) is 0 Å². The van der Waals surface area contributed by atoms with Crippen LogP contribution in [0.4, 0.5) is 0 Å². The number of esters is 3. The summed E-state index contributed by atoms with van der Waals surface area (Å²) in [6.07, 6.45) is 76.9. The minimum absolute atomic E-state index is 0.106. The predicted molar refractivity (Wildman–Crippen MR) is 302 cm³/mol. The molecule has 0 aliphatic heterocycles. The second-order valence-electron chi connectivity index (χ2n) is 19.2. The zero-order valence-electron chi connectivity index (χ0n) is 45.8. The van der Waals surface area contributed by atoms with Crippen molar-refractivity contribution in [2.45, 2.75) is 277 Å². The molecule has 0 N–H and O–H groups in total. The second-order valence-corrected chi connectivity index (χ2v) is 19.2. The third kappa shape index (κ3) is 55.3. The maximum Gasteiger partial charge on any atom is 0.306 e. The first kappa shape index (κ1) is 66.3. The first-order chi connectivity index (χ1) is 34.5. The lowest BCUT2D eigenvalue weighted by Gasteiger charge is -2.18. The highest BCUT2D eigenvalue weighted by Gasteiger charge is 2.19. The molecule has 0 saturated carbocycles. The second kappa shape index (κ2) is 57.9. The molecule has 0 rings (SSSR count). The Kier molecular flexibility index (Phi) is 54.9. The minimum Gasteiger partial charge on any atom is -0.462 e. The number of carbonyl (C=O) groups is 3. The summed E-state index contributed by atoms with van der Waals surface area (Å²) in [5.41, 5.74) is 0. The fourth-order valence-electron chi connectivity index (χ4n) is 7.90. The molecule has 0 bridgehead atoms. The van der Waals surface area contributed by atoms with E-state index in [1.165, 1.54) is 122 Å². The van der Waals surface area contributed by atoms with Gasteiger partial charge in [-0.3, -0.25) is 14.4 Å². The lowest BCUT2D eigenvalue weighted by Crippen LogP contribution is -2.30. The fraction of sp³-hybridized carbons (Fsp3) is 0.703. The van der Waals surface area contributed by atoms with Gasteiger partial charge in [-0.15, -0.1) is 0 Å². The van der Waals surface area contributed by atoms with Crippen LogP contribution < -0.4 is 0 Å². The molecule has 0 aromatic rings. The molecule has 6 heteroatoms. The van der Waals surface area contributed by atoms with E-state index in [1.807, 2.05) is 0 Å². The quantitative estimate of drug-likeness (QED) is 0.0262. The lowest BCUT2D eigenvalue weighted by atomic mass is 10.1. The minimum atomic E-state index is -0.815. The van der Waals surface area contributed by atoms with E-state index in [0.29, 0.717) is 19.3 Å². The van der Waals surface area contributed by atoms with Crippen molar-refractivity contribution in [2.75, 3.05) is 13.2 Å². The topological polar surface area (TPSA) is 78.9 Å².